The third kappa shape index (κ3) is 4.96. The van der Waals surface area contributed by atoms with Crippen molar-refractivity contribution in [3.8, 4) is 11.4 Å². The number of hydrazone groups is 1. The fourth-order valence-corrected chi connectivity index (χ4v) is 3.17. The first-order valence-electron chi connectivity index (χ1n) is 8.89. The molecule has 0 aliphatic heterocycles. The molecule has 1 N–H and O–H groups in total. The van der Waals surface area contributed by atoms with E-state index in [9.17, 15) is 4.79 Å². The third-order valence-electron chi connectivity index (χ3n) is 4.21. The summed E-state index contributed by atoms with van der Waals surface area (Å²) in [5.41, 5.74) is 6.37. The number of amides is 1. The standard InChI is InChI=1S/C21H20Cl2N4O2/c1-13-9-17(10-14(2)20(13)22)29-12-19(28)25-24-11-18-15(3)26-27(21(18)23)16-7-5-4-6-8-16/h4-11H,12H2,1-3H3,(H,25,28)/b24-11+. The number of aryl methyl sites for hydroxylation is 3. The SMILES string of the molecule is Cc1cc(OCC(=O)N/N=C/c2c(C)nn(-c3ccccc3)c2Cl)cc(C)c1Cl. The molecule has 150 valence electrons. The van der Waals surface area contributed by atoms with E-state index >= 15 is 0 Å². The lowest BCUT2D eigenvalue weighted by Crippen LogP contribution is -2.24. The van der Waals surface area contributed by atoms with Crippen molar-refractivity contribution in [3.05, 3.63) is 75.0 Å². The van der Waals surface area contributed by atoms with Gasteiger partial charge in [-0.2, -0.15) is 10.2 Å². The molecule has 2 aromatic carbocycles. The number of nitrogens with one attached hydrogen (secondary N) is 1. The Labute approximate surface area is 179 Å². The molecule has 0 saturated heterocycles. The van der Waals surface area contributed by atoms with Crippen LogP contribution in [0.5, 0.6) is 5.75 Å². The Balaban J connectivity index is 1.61. The summed E-state index contributed by atoms with van der Waals surface area (Å²) in [7, 11) is 0. The van der Waals surface area contributed by atoms with Crippen LogP contribution in [0.1, 0.15) is 22.4 Å². The Hall–Kier alpha value is -2.83. The molecule has 0 radical (unpaired) electrons. The maximum absolute atomic E-state index is 12.0. The summed E-state index contributed by atoms with van der Waals surface area (Å²) >= 11 is 12.6. The maximum atomic E-state index is 12.0. The topological polar surface area (TPSA) is 68.5 Å². The number of rotatable bonds is 6. The Morgan fingerprint density at radius 1 is 1.17 bits per heavy atom. The quantitative estimate of drug-likeness (QED) is 0.457. The number of aromatic nitrogens is 2. The molecule has 3 rings (SSSR count). The highest BCUT2D eigenvalue weighted by molar-refractivity contribution is 6.32. The molecule has 0 atom stereocenters. The molecule has 3 aromatic rings. The molecule has 1 heterocycles. The van der Waals surface area contributed by atoms with E-state index in [1.54, 1.807) is 16.8 Å². The molecular weight excluding hydrogens is 411 g/mol. The van der Waals surface area contributed by atoms with Crippen LogP contribution < -0.4 is 10.2 Å². The van der Waals surface area contributed by atoms with E-state index < -0.39 is 5.91 Å². The maximum Gasteiger partial charge on any atom is 0.277 e. The van der Waals surface area contributed by atoms with Gasteiger partial charge in [-0.05, 0) is 56.2 Å². The van der Waals surface area contributed by atoms with Gasteiger partial charge >= 0.3 is 0 Å². The molecule has 1 aromatic heterocycles. The predicted octanol–water partition coefficient (Wildman–Crippen LogP) is 4.63. The lowest BCUT2D eigenvalue weighted by atomic mass is 10.1. The predicted molar refractivity (Wildman–Crippen MR) is 115 cm³/mol. The van der Waals surface area contributed by atoms with Gasteiger partial charge in [-0.3, -0.25) is 4.79 Å². The summed E-state index contributed by atoms with van der Waals surface area (Å²) in [5, 5.41) is 9.49. The number of benzene rings is 2. The van der Waals surface area contributed by atoms with Gasteiger partial charge in [0.05, 0.1) is 23.2 Å². The largest absolute Gasteiger partial charge is 0.484 e. The molecule has 8 heteroatoms. The fraction of sp³-hybridized carbons (Fsp3) is 0.190. The van der Waals surface area contributed by atoms with Crippen LogP contribution in [0.15, 0.2) is 47.6 Å². The average Bonchev–Trinajstić information content (AvgIpc) is 2.99. The van der Waals surface area contributed by atoms with Crippen molar-refractivity contribution < 1.29 is 9.53 Å². The second-order valence-corrected chi connectivity index (χ2v) is 7.23. The minimum atomic E-state index is -0.393. The Kier molecular flexibility index (Phi) is 6.56. The molecule has 6 nitrogen and oxygen atoms in total. The zero-order chi connectivity index (χ0) is 21.0. The second-order valence-electron chi connectivity index (χ2n) is 6.49. The Morgan fingerprint density at radius 3 is 2.48 bits per heavy atom. The van der Waals surface area contributed by atoms with E-state index in [4.69, 9.17) is 27.9 Å². The van der Waals surface area contributed by atoms with Crippen LogP contribution in [-0.4, -0.2) is 28.5 Å². The van der Waals surface area contributed by atoms with Crippen molar-refractivity contribution in [2.75, 3.05) is 6.61 Å². The van der Waals surface area contributed by atoms with Gasteiger partial charge in [0.15, 0.2) is 6.61 Å². The van der Waals surface area contributed by atoms with Crippen LogP contribution in [0.25, 0.3) is 5.69 Å². The number of nitrogens with zero attached hydrogens (tertiary/aromatic N) is 3. The average molecular weight is 431 g/mol. The van der Waals surface area contributed by atoms with Crippen LogP contribution in [0, 0.1) is 20.8 Å². The van der Waals surface area contributed by atoms with Crippen LogP contribution in [0.3, 0.4) is 0 Å². The van der Waals surface area contributed by atoms with Crippen LogP contribution in [0.4, 0.5) is 0 Å². The number of hydrogen-bond acceptors (Lipinski definition) is 4. The number of para-hydroxylation sites is 1. The van der Waals surface area contributed by atoms with Crippen molar-refractivity contribution in [2.45, 2.75) is 20.8 Å². The molecule has 0 aliphatic carbocycles. The lowest BCUT2D eigenvalue weighted by Gasteiger charge is -2.09. The molecule has 0 aliphatic rings. The highest BCUT2D eigenvalue weighted by Crippen LogP contribution is 2.26. The van der Waals surface area contributed by atoms with Gasteiger partial charge in [0, 0.05) is 5.02 Å². The molecule has 0 fully saturated rings. The Bertz CT molecular complexity index is 1040. The van der Waals surface area contributed by atoms with Crippen LogP contribution in [-0.2, 0) is 4.79 Å². The van der Waals surface area contributed by atoms with Gasteiger partial charge < -0.3 is 4.74 Å². The molecule has 29 heavy (non-hydrogen) atoms. The van der Waals surface area contributed by atoms with Crippen molar-refractivity contribution in [1.82, 2.24) is 15.2 Å². The monoisotopic (exact) mass is 430 g/mol. The van der Waals surface area contributed by atoms with Crippen LogP contribution >= 0.6 is 23.2 Å². The minimum Gasteiger partial charge on any atom is -0.484 e. The van der Waals surface area contributed by atoms with Crippen molar-refractivity contribution in [3.63, 3.8) is 0 Å². The first-order chi connectivity index (χ1) is 13.9. The summed E-state index contributed by atoms with van der Waals surface area (Å²) in [5.74, 6) is 0.183. The molecular formula is C21H20Cl2N4O2. The first kappa shape index (κ1) is 20.9. The number of hydrogen-bond donors (Lipinski definition) is 1. The lowest BCUT2D eigenvalue weighted by molar-refractivity contribution is -0.123. The van der Waals surface area contributed by atoms with Crippen molar-refractivity contribution in [1.29, 1.82) is 0 Å². The second kappa shape index (κ2) is 9.11. The van der Waals surface area contributed by atoms with Gasteiger partial charge in [-0.1, -0.05) is 41.4 Å². The van der Waals surface area contributed by atoms with Gasteiger partial charge in [0.2, 0.25) is 0 Å². The van der Waals surface area contributed by atoms with E-state index in [1.165, 1.54) is 6.21 Å². The summed E-state index contributed by atoms with van der Waals surface area (Å²) in [4.78, 5) is 12.0. The highest BCUT2D eigenvalue weighted by atomic mass is 35.5. The molecule has 0 bridgehead atoms. The van der Waals surface area contributed by atoms with Gasteiger partial charge in [0.1, 0.15) is 10.9 Å². The zero-order valence-corrected chi connectivity index (χ0v) is 17.8. The van der Waals surface area contributed by atoms with E-state index in [0.717, 1.165) is 16.8 Å². The summed E-state index contributed by atoms with van der Waals surface area (Å²) < 4.78 is 7.13. The van der Waals surface area contributed by atoms with Gasteiger partial charge in [0.25, 0.3) is 5.91 Å². The number of ether oxygens (including phenoxy) is 1. The number of halogens is 2. The van der Waals surface area contributed by atoms with Gasteiger partial charge in [-0.15, -0.1) is 0 Å². The van der Waals surface area contributed by atoms with Crippen molar-refractivity contribution >= 4 is 35.3 Å². The highest BCUT2D eigenvalue weighted by Gasteiger charge is 2.13. The molecule has 1 amide bonds. The van der Waals surface area contributed by atoms with Crippen molar-refractivity contribution in [2.24, 2.45) is 5.10 Å². The molecule has 0 unspecified atom stereocenters. The smallest absolute Gasteiger partial charge is 0.277 e. The number of carbonyl (C=O) groups is 1. The van der Waals surface area contributed by atoms with Crippen LogP contribution in [0.2, 0.25) is 10.2 Å². The Morgan fingerprint density at radius 2 is 1.83 bits per heavy atom. The van der Waals surface area contributed by atoms with E-state index in [1.807, 2.05) is 51.1 Å². The zero-order valence-electron chi connectivity index (χ0n) is 16.2. The molecule has 0 saturated carbocycles. The summed E-state index contributed by atoms with van der Waals surface area (Å²) in [6.07, 6.45) is 1.47. The first-order valence-corrected chi connectivity index (χ1v) is 9.64. The van der Waals surface area contributed by atoms with E-state index in [2.05, 4.69) is 15.6 Å². The van der Waals surface area contributed by atoms with Gasteiger partial charge in [-0.25, -0.2) is 10.1 Å². The summed E-state index contributed by atoms with van der Waals surface area (Å²) in [6, 6.07) is 13.1. The van der Waals surface area contributed by atoms with E-state index in [-0.39, 0.29) is 6.61 Å². The van der Waals surface area contributed by atoms with E-state index in [0.29, 0.717) is 27.2 Å². The normalized spacial score (nSPS) is 11.1. The third-order valence-corrected chi connectivity index (χ3v) is 5.17. The fourth-order valence-electron chi connectivity index (χ4n) is 2.74. The summed E-state index contributed by atoms with van der Waals surface area (Å²) in [6.45, 7) is 5.42. The number of carbonyl (C=O) groups excluding carboxylic acids is 1. The minimum absolute atomic E-state index is 0.173. The molecule has 0 spiro atoms.